The van der Waals surface area contributed by atoms with Crippen LogP contribution in [0.25, 0.3) is 0 Å². The molecule has 1 rings (SSSR count). The molecule has 0 amide bonds. The smallest absolute Gasteiger partial charge is 0.307 e. The second kappa shape index (κ2) is 8.16. The Labute approximate surface area is 113 Å². The van der Waals surface area contributed by atoms with E-state index < -0.39 is 5.97 Å². The average molecular weight is 267 g/mol. The fourth-order valence-electron chi connectivity index (χ4n) is 1.90. The van der Waals surface area contributed by atoms with E-state index in [9.17, 15) is 4.79 Å². The molecule has 0 fully saturated rings. The lowest BCUT2D eigenvalue weighted by atomic mass is 10.0. The third kappa shape index (κ3) is 5.56. The molecule has 100 valence electrons. The Balaban J connectivity index is 2.57. The summed E-state index contributed by atoms with van der Waals surface area (Å²) in [5.41, 5.74) is 2.04. The largest absolute Gasteiger partial charge is 0.481 e. The zero-order valence-electron chi connectivity index (χ0n) is 11.1. The molecule has 0 aliphatic rings. The first-order chi connectivity index (χ1) is 8.63. The average Bonchev–Trinajstić information content (AvgIpc) is 2.31. The Morgan fingerprint density at radius 3 is 2.61 bits per heavy atom. The molecule has 0 bridgehead atoms. The van der Waals surface area contributed by atoms with Crippen molar-refractivity contribution >= 4 is 17.7 Å². The van der Waals surface area contributed by atoms with Crippen LogP contribution in [0.1, 0.15) is 17.5 Å². The van der Waals surface area contributed by atoms with Crippen LogP contribution in [0.2, 0.25) is 0 Å². The quantitative estimate of drug-likeness (QED) is 0.735. The van der Waals surface area contributed by atoms with E-state index in [1.807, 2.05) is 36.0 Å². The number of carboxylic acid groups (broad SMARTS) is 1. The molecule has 0 aliphatic carbocycles. The zero-order valence-corrected chi connectivity index (χ0v) is 11.9. The van der Waals surface area contributed by atoms with Gasteiger partial charge in [-0.05, 0) is 43.1 Å². The standard InChI is InChI=1S/C14H21NO2S/c1-15(8-5-9-18-2)11-13-7-4-3-6-12(13)10-14(16)17/h3-4,6-7H,5,8-11H2,1-2H3,(H,16,17). The van der Waals surface area contributed by atoms with Gasteiger partial charge in [-0.3, -0.25) is 4.79 Å². The third-order valence-electron chi connectivity index (χ3n) is 2.79. The molecule has 18 heavy (non-hydrogen) atoms. The molecule has 0 spiro atoms. The normalized spacial score (nSPS) is 10.8. The van der Waals surface area contributed by atoms with Crippen LogP contribution in [-0.2, 0) is 17.8 Å². The number of thioether (sulfide) groups is 1. The number of aliphatic carboxylic acids is 1. The van der Waals surface area contributed by atoms with Crippen molar-refractivity contribution in [3.05, 3.63) is 35.4 Å². The molecule has 1 aromatic rings. The summed E-state index contributed by atoms with van der Waals surface area (Å²) in [6.45, 7) is 1.86. The molecule has 1 N–H and O–H groups in total. The molecule has 0 heterocycles. The number of rotatable bonds is 8. The molecular weight excluding hydrogens is 246 g/mol. The van der Waals surface area contributed by atoms with Crippen LogP contribution in [0.5, 0.6) is 0 Å². The second-order valence-electron chi connectivity index (χ2n) is 4.42. The topological polar surface area (TPSA) is 40.5 Å². The maximum atomic E-state index is 10.8. The van der Waals surface area contributed by atoms with Gasteiger partial charge in [-0.25, -0.2) is 0 Å². The van der Waals surface area contributed by atoms with Crippen molar-refractivity contribution in [1.29, 1.82) is 0 Å². The van der Waals surface area contributed by atoms with Gasteiger partial charge < -0.3 is 10.0 Å². The SMILES string of the molecule is CSCCCN(C)Cc1ccccc1CC(=O)O. The predicted molar refractivity (Wildman–Crippen MR) is 77.1 cm³/mol. The van der Waals surface area contributed by atoms with Gasteiger partial charge in [-0.1, -0.05) is 24.3 Å². The van der Waals surface area contributed by atoms with Crippen LogP contribution in [-0.4, -0.2) is 41.6 Å². The Bertz CT molecular complexity index is 382. The van der Waals surface area contributed by atoms with Gasteiger partial charge in [0.1, 0.15) is 0 Å². The van der Waals surface area contributed by atoms with Crippen molar-refractivity contribution in [2.75, 3.05) is 25.6 Å². The van der Waals surface area contributed by atoms with Crippen molar-refractivity contribution in [3.63, 3.8) is 0 Å². The Morgan fingerprint density at radius 1 is 1.33 bits per heavy atom. The van der Waals surface area contributed by atoms with Crippen molar-refractivity contribution in [3.8, 4) is 0 Å². The van der Waals surface area contributed by atoms with E-state index >= 15 is 0 Å². The van der Waals surface area contributed by atoms with Gasteiger partial charge in [0.25, 0.3) is 0 Å². The Kier molecular flexibility index (Phi) is 6.83. The Hall–Kier alpha value is -1.00. The van der Waals surface area contributed by atoms with Crippen LogP contribution in [0.3, 0.4) is 0 Å². The lowest BCUT2D eigenvalue weighted by Crippen LogP contribution is -2.20. The third-order valence-corrected chi connectivity index (χ3v) is 3.49. The summed E-state index contributed by atoms with van der Waals surface area (Å²) in [6, 6.07) is 7.79. The molecule has 0 radical (unpaired) electrons. The summed E-state index contributed by atoms with van der Waals surface area (Å²) >= 11 is 1.86. The molecule has 0 saturated carbocycles. The van der Waals surface area contributed by atoms with Gasteiger partial charge in [0, 0.05) is 6.54 Å². The second-order valence-corrected chi connectivity index (χ2v) is 5.41. The summed E-state index contributed by atoms with van der Waals surface area (Å²) in [6.07, 6.45) is 3.38. The fourth-order valence-corrected chi connectivity index (χ4v) is 2.31. The van der Waals surface area contributed by atoms with Gasteiger partial charge in [-0.2, -0.15) is 11.8 Å². The summed E-state index contributed by atoms with van der Waals surface area (Å²) in [5, 5.41) is 8.88. The number of carbonyl (C=O) groups is 1. The summed E-state index contributed by atoms with van der Waals surface area (Å²) < 4.78 is 0. The van der Waals surface area contributed by atoms with Crippen LogP contribution in [0.15, 0.2) is 24.3 Å². The molecule has 0 saturated heterocycles. The first-order valence-corrected chi connectivity index (χ1v) is 7.49. The van der Waals surface area contributed by atoms with Gasteiger partial charge in [-0.15, -0.1) is 0 Å². The molecule has 1 aromatic carbocycles. The van der Waals surface area contributed by atoms with E-state index in [2.05, 4.69) is 18.2 Å². The molecule has 3 nitrogen and oxygen atoms in total. The number of carboxylic acids is 1. The van der Waals surface area contributed by atoms with Crippen molar-refractivity contribution < 1.29 is 9.90 Å². The van der Waals surface area contributed by atoms with Crippen LogP contribution >= 0.6 is 11.8 Å². The van der Waals surface area contributed by atoms with Crippen molar-refractivity contribution in [2.24, 2.45) is 0 Å². The first kappa shape index (κ1) is 15.1. The summed E-state index contributed by atoms with van der Waals surface area (Å²) in [4.78, 5) is 13.0. The Morgan fingerprint density at radius 2 is 2.00 bits per heavy atom. The maximum absolute atomic E-state index is 10.8. The monoisotopic (exact) mass is 267 g/mol. The van der Waals surface area contributed by atoms with E-state index in [1.165, 1.54) is 12.2 Å². The van der Waals surface area contributed by atoms with E-state index in [4.69, 9.17) is 5.11 Å². The summed E-state index contributed by atoms with van der Waals surface area (Å²) in [5.74, 6) is 0.397. The zero-order chi connectivity index (χ0) is 13.4. The van der Waals surface area contributed by atoms with E-state index in [1.54, 1.807) is 0 Å². The molecule has 4 heteroatoms. The predicted octanol–water partition coefficient (Wildman–Crippen LogP) is 2.50. The van der Waals surface area contributed by atoms with E-state index in [0.717, 1.165) is 24.2 Å². The van der Waals surface area contributed by atoms with E-state index in [0.29, 0.717) is 0 Å². The number of nitrogens with zero attached hydrogens (tertiary/aromatic N) is 1. The van der Waals surface area contributed by atoms with Gasteiger partial charge in [0.15, 0.2) is 0 Å². The number of benzene rings is 1. The van der Waals surface area contributed by atoms with Gasteiger partial charge in [0.2, 0.25) is 0 Å². The van der Waals surface area contributed by atoms with Gasteiger partial charge >= 0.3 is 5.97 Å². The molecule has 0 unspecified atom stereocenters. The first-order valence-electron chi connectivity index (χ1n) is 6.09. The molecular formula is C14H21NO2S. The van der Waals surface area contributed by atoms with Crippen molar-refractivity contribution in [2.45, 2.75) is 19.4 Å². The van der Waals surface area contributed by atoms with Gasteiger partial charge in [0.05, 0.1) is 6.42 Å². The number of hydrogen-bond acceptors (Lipinski definition) is 3. The minimum absolute atomic E-state index is 0.106. The van der Waals surface area contributed by atoms with Crippen LogP contribution in [0.4, 0.5) is 0 Å². The lowest BCUT2D eigenvalue weighted by Gasteiger charge is -2.18. The fraction of sp³-hybridized carbons (Fsp3) is 0.500. The van der Waals surface area contributed by atoms with Crippen LogP contribution < -0.4 is 0 Å². The van der Waals surface area contributed by atoms with E-state index in [-0.39, 0.29) is 6.42 Å². The minimum Gasteiger partial charge on any atom is -0.481 e. The highest BCUT2D eigenvalue weighted by Gasteiger charge is 2.08. The number of hydrogen-bond donors (Lipinski definition) is 1. The summed E-state index contributed by atoms with van der Waals surface area (Å²) in [7, 11) is 2.08. The molecule has 0 atom stereocenters. The highest BCUT2D eigenvalue weighted by molar-refractivity contribution is 7.98. The molecule has 0 aromatic heterocycles. The minimum atomic E-state index is -0.771. The highest BCUT2D eigenvalue weighted by atomic mass is 32.2. The van der Waals surface area contributed by atoms with Crippen LogP contribution in [0, 0.1) is 0 Å². The highest BCUT2D eigenvalue weighted by Crippen LogP contribution is 2.12. The molecule has 0 aliphatic heterocycles. The maximum Gasteiger partial charge on any atom is 0.307 e. The lowest BCUT2D eigenvalue weighted by molar-refractivity contribution is -0.136. The van der Waals surface area contributed by atoms with Crippen molar-refractivity contribution in [1.82, 2.24) is 4.90 Å².